The van der Waals surface area contributed by atoms with Crippen molar-refractivity contribution in [2.75, 3.05) is 23.4 Å². The van der Waals surface area contributed by atoms with Crippen LogP contribution in [0.2, 0.25) is 0 Å². The molecule has 0 aliphatic carbocycles. The van der Waals surface area contributed by atoms with E-state index in [1.807, 2.05) is 39.0 Å². The predicted molar refractivity (Wildman–Crippen MR) is 158 cm³/mol. The average molecular weight is 671 g/mol. The minimum atomic E-state index is -0.869. The average Bonchev–Trinajstić information content (AvgIpc) is 2.88. The molecule has 9 nitrogen and oxygen atoms in total. The number of hydrogen-bond acceptors (Lipinski definition) is 6. The molecule has 5 amide bonds. The number of halogens is 2. The first kappa shape index (κ1) is 29.0. The van der Waals surface area contributed by atoms with Crippen molar-refractivity contribution in [1.82, 2.24) is 5.32 Å². The fourth-order valence-electron chi connectivity index (χ4n) is 4.02. The number of urea groups is 1. The molecule has 4 rings (SSSR count). The zero-order valence-corrected chi connectivity index (χ0v) is 25.0. The van der Waals surface area contributed by atoms with Crippen LogP contribution in [0.1, 0.15) is 23.6 Å². The molecule has 0 bridgehead atoms. The number of anilines is 2. The number of benzene rings is 3. The van der Waals surface area contributed by atoms with Crippen LogP contribution < -0.4 is 25.0 Å². The molecule has 0 spiro atoms. The molecule has 1 aliphatic rings. The van der Waals surface area contributed by atoms with E-state index in [-0.39, 0.29) is 29.5 Å². The second-order valence-corrected chi connectivity index (χ2v) is 10.6. The van der Waals surface area contributed by atoms with Gasteiger partial charge in [0.25, 0.3) is 17.7 Å². The molecule has 1 aliphatic heterocycles. The van der Waals surface area contributed by atoms with E-state index in [2.05, 4.69) is 42.5 Å². The molecule has 1 saturated heterocycles. The summed E-state index contributed by atoms with van der Waals surface area (Å²) in [6, 6.07) is 14.5. The van der Waals surface area contributed by atoms with Gasteiger partial charge in [-0.15, -0.1) is 0 Å². The van der Waals surface area contributed by atoms with E-state index in [1.165, 1.54) is 6.08 Å². The number of nitrogens with one attached hydrogen (secondary N) is 2. The lowest BCUT2D eigenvalue weighted by molar-refractivity contribution is -0.122. The molecule has 206 valence electrons. The van der Waals surface area contributed by atoms with Gasteiger partial charge in [0, 0.05) is 15.7 Å². The van der Waals surface area contributed by atoms with Crippen molar-refractivity contribution in [3.05, 3.63) is 85.8 Å². The molecular weight excluding hydrogens is 646 g/mol. The van der Waals surface area contributed by atoms with Gasteiger partial charge in [-0.3, -0.25) is 19.7 Å². The van der Waals surface area contributed by atoms with Crippen molar-refractivity contribution in [3.63, 3.8) is 0 Å². The van der Waals surface area contributed by atoms with Crippen molar-refractivity contribution in [2.24, 2.45) is 0 Å². The number of imide groups is 2. The molecule has 0 saturated carbocycles. The van der Waals surface area contributed by atoms with Gasteiger partial charge in [0.1, 0.15) is 17.1 Å². The van der Waals surface area contributed by atoms with Gasteiger partial charge < -0.3 is 14.8 Å². The Kier molecular flexibility index (Phi) is 9.06. The molecule has 0 unspecified atom stereocenters. The molecule has 40 heavy (non-hydrogen) atoms. The fraction of sp³-hybridized carbons (Fsp3) is 0.172. The summed E-state index contributed by atoms with van der Waals surface area (Å²) in [6.07, 6.45) is 1.32. The minimum absolute atomic E-state index is 0.233. The summed E-state index contributed by atoms with van der Waals surface area (Å²) in [4.78, 5) is 52.3. The van der Waals surface area contributed by atoms with E-state index in [0.717, 1.165) is 16.0 Å². The van der Waals surface area contributed by atoms with E-state index < -0.39 is 17.8 Å². The zero-order valence-electron chi connectivity index (χ0n) is 21.8. The molecular formula is C29H25Br2N3O6. The largest absolute Gasteiger partial charge is 0.494 e. The number of rotatable bonds is 8. The molecule has 1 heterocycles. The third-order valence-corrected chi connectivity index (χ3v) is 6.90. The molecule has 0 atom stereocenters. The Labute approximate surface area is 247 Å². The molecule has 3 aromatic carbocycles. The highest BCUT2D eigenvalue weighted by Gasteiger charge is 2.37. The summed E-state index contributed by atoms with van der Waals surface area (Å²) >= 11 is 6.83. The minimum Gasteiger partial charge on any atom is -0.494 e. The highest BCUT2D eigenvalue weighted by atomic mass is 79.9. The molecule has 0 aromatic heterocycles. The van der Waals surface area contributed by atoms with Gasteiger partial charge >= 0.3 is 6.03 Å². The monoisotopic (exact) mass is 669 g/mol. The molecule has 0 radical (unpaired) electrons. The van der Waals surface area contributed by atoms with Crippen LogP contribution in [0.4, 0.5) is 16.2 Å². The van der Waals surface area contributed by atoms with Gasteiger partial charge in [0.2, 0.25) is 0 Å². The van der Waals surface area contributed by atoms with Crippen LogP contribution in [-0.4, -0.2) is 37.0 Å². The van der Waals surface area contributed by atoms with Gasteiger partial charge in [-0.25, -0.2) is 9.69 Å². The van der Waals surface area contributed by atoms with Crippen LogP contribution in [0.15, 0.2) is 69.1 Å². The Morgan fingerprint density at radius 2 is 1.73 bits per heavy atom. The first-order chi connectivity index (χ1) is 19.1. The van der Waals surface area contributed by atoms with E-state index in [0.29, 0.717) is 32.6 Å². The van der Waals surface area contributed by atoms with Crippen LogP contribution >= 0.6 is 31.9 Å². The summed E-state index contributed by atoms with van der Waals surface area (Å²) in [7, 11) is 0. The van der Waals surface area contributed by atoms with E-state index >= 15 is 0 Å². The summed E-state index contributed by atoms with van der Waals surface area (Å²) < 4.78 is 12.4. The van der Waals surface area contributed by atoms with Crippen LogP contribution in [-0.2, 0) is 14.4 Å². The van der Waals surface area contributed by atoms with Crippen LogP contribution in [0.25, 0.3) is 6.08 Å². The first-order valence-corrected chi connectivity index (χ1v) is 13.8. The van der Waals surface area contributed by atoms with Gasteiger partial charge in [0.15, 0.2) is 6.61 Å². The Morgan fingerprint density at radius 1 is 1.00 bits per heavy atom. The Hall–Kier alpha value is -3.96. The number of ether oxygens (including phenoxy) is 2. The summed E-state index contributed by atoms with van der Waals surface area (Å²) in [6.45, 7) is 5.83. The number of aryl methyl sites for hydroxylation is 2. The second kappa shape index (κ2) is 12.5. The van der Waals surface area contributed by atoms with Crippen molar-refractivity contribution in [2.45, 2.75) is 20.8 Å². The quantitative estimate of drug-likeness (QED) is 0.228. The van der Waals surface area contributed by atoms with E-state index in [4.69, 9.17) is 9.47 Å². The van der Waals surface area contributed by atoms with Crippen molar-refractivity contribution in [3.8, 4) is 11.5 Å². The maximum absolute atomic E-state index is 13.4. The normalized spacial score (nSPS) is 14.3. The molecule has 2 N–H and O–H groups in total. The Bertz CT molecular complexity index is 1540. The highest BCUT2D eigenvalue weighted by Crippen LogP contribution is 2.35. The number of barbiturate groups is 1. The Morgan fingerprint density at radius 3 is 2.40 bits per heavy atom. The zero-order chi connectivity index (χ0) is 29.0. The fourth-order valence-corrected chi connectivity index (χ4v) is 5.40. The van der Waals surface area contributed by atoms with Gasteiger partial charge in [-0.05, 0) is 90.8 Å². The van der Waals surface area contributed by atoms with Crippen LogP contribution in [0.5, 0.6) is 11.5 Å². The highest BCUT2D eigenvalue weighted by molar-refractivity contribution is 9.11. The maximum Gasteiger partial charge on any atom is 0.335 e. The smallest absolute Gasteiger partial charge is 0.335 e. The maximum atomic E-state index is 13.4. The number of amides is 5. The summed E-state index contributed by atoms with van der Waals surface area (Å²) in [5, 5.41) is 5.02. The third-order valence-electron chi connectivity index (χ3n) is 5.85. The SMILES string of the molecule is CCOc1ccc(N2C(=O)NC(=O)/C(=C\c3cc(Br)cc(Br)c3OCC(=O)Nc3ccc(C)cc3C)C2=O)cc1. The lowest BCUT2D eigenvalue weighted by Gasteiger charge is -2.26. The van der Waals surface area contributed by atoms with Crippen LogP contribution in [0.3, 0.4) is 0 Å². The number of nitrogens with zero attached hydrogens (tertiary/aromatic N) is 1. The number of hydrogen-bond donors (Lipinski definition) is 2. The molecule has 1 fully saturated rings. The summed E-state index contributed by atoms with van der Waals surface area (Å²) in [5.41, 5.74) is 2.96. The second-order valence-electron chi connectivity index (χ2n) is 8.85. The number of carbonyl (C=O) groups is 4. The van der Waals surface area contributed by atoms with E-state index in [1.54, 1.807) is 36.4 Å². The van der Waals surface area contributed by atoms with Gasteiger partial charge in [-0.1, -0.05) is 33.6 Å². The van der Waals surface area contributed by atoms with Crippen molar-refractivity contribution in [1.29, 1.82) is 0 Å². The van der Waals surface area contributed by atoms with Crippen molar-refractivity contribution >= 4 is 73.1 Å². The molecule has 3 aromatic rings. The Balaban J connectivity index is 1.60. The first-order valence-electron chi connectivity index (χ1n) is 12.2. The van der Waals surface area contributed by atoms with Crippen LogP contribution in [0, 0.1) is 13.8 Å². The number of carbonyl (C=O) groups excluding carboxylic acids is 4. The predicted octanol–water partition coefficient (Wildman–Crippen LogP) is 5.91. The lowest BCUT2D eigenvalue weighted by atomic mass is 10.1. The molecule has 11 heteroatoms. The topological polar surface area (TPSA) is 114 Å². The van der Waals surface area contributed by atoms with E-state index in [9.17, 15) is 19.2 Å². The summed E-state index contributed by atoms with van der Waals surface area (Å²) in [5.74, 6) is -1.25. The van der Waals surface area contributed by atoms with Gasteiger partial charge in [0.05, 0.1) is 16.8 Å². The standard InChI is InChI=1S/C29H25Br2N3O6/c1-4-39-21-8-6-20(7-9-21)34-28(37)22(27(36)33-29(34)38)13-18-12-19(30)14-23(31)26(18)40-15-25(35)32-24-10-5-16(2)11-17(24)3/h5-14H,4,15H2,1-3H3,(H,32,35)(H,33,36,38)/b22-13+. The van der Waals surface area contributed by atoms with Gasteiger partial charge in [-0.2, -0.15) is 0 Å². The van der Waals surface area contributed by atoms with Crippen molar-refractivity contribution < 1.29 is 28.7 Å². The lowest BCUT2D eigenvalue weighted by Crippen LogP contribution is -2.54. The third kappa shape index (κ3) is 6.60.